The van der Waals surface area contributed by atoms with E-state index in [1.54, 1.807) is 0 Å². The van der Waals surface area contributed by atoms with E-state index >= 15 is 0 Å². The molecular formula is C13H13BrF3NO. The van der Waals surface area contributed by atoms with Crippen LogP contribution in [0, 0.1) is 23.4 Å². The van der Waals surface area contributed by atoms with Gasteiger partial charge in [-0.3, -0.25) is 4.79 Å². The zero-order valence-electron chi connectivity index (χ0n) is 10.1. The smallest absolute Gasteiger partial charge is 0.259 e. The van der Waals surface area contributed by atoms with Crippen molar-refractivity contribution in [3.8, 4) is 0 Å². The summed E-state index contributed by atoms with van der Waals surface area (Å²) in [5, 5.41) is 0.855. The molecular weight excluding hydrogens is 323 g/mol. The molecule has 0 bridgehead atoms. The number of alkyl halides is 1. The lowest BCUT2D eigenvalue weighted by atomic mass is 9.98. The number of hydrogen-bond donors (Lipinski definition) is 0. The van der Waals surface area contributed by atoms with Gasteiger partial charge in [0.05, 0.1) is 0 Å². The maximum Gasteiger partial charge on any atom is 0.259 e. The molecule has 2 nitrogen and oxygen atoms in total. The van der Waals surface area contributed by atoms with Gasteiger partial charge in [-0.15, -0.1) is 0 Å². The average molecular weight is 336 g/mol. The first-order valence-electron chi connectivity index (χ1n) is 6.02. The van der Waals surface area contributed by atoms with E-state index in [4.69, 9.17) is 0 Å². The van der Waals surface area contributed by atoms with Gasteiger partial charge in [0.25, 0.3) is 5.91 Å². The first kappa shape index (κ1) is 14.4. The van der Waals surface area contributed by atoms with E-state index in [0.717, 1.165) is 18.2 Å². The summed E-state index contributed by atoms with van der Waals surface area (Å²) in [6.45, 7) is 0.927. The van der Waals surface area contributed by atoms with Crippen LogP contribution in [0.5, 0.6) is 0 Å². The summed E-state index contributed by atoms with van der Waals surface area (Å²) in [6, 6.07) is 1.06. The monoisotopic (exact) mass is 335 g/mol. The van der Waals surface area contributed by atoms with Gasteiger partial charge in [0.1, 0.15) is 23.0 Å². The lowest BCUT2D eigenvalue weighted by Crippen LogP contribution is -2.39. The molecule has 1 aliphatic heterocycles. The van der Waals surface area contributed by atoms with E-state index in [2.05, 4.69) is 15.9 Å². The number of amides is 1. The lowest BCUT2D eigenvalue weighted by molar-refractivity contribution is 0.0689. The van der Waals surface area contributed by atoms with Gasteiger partial charge in [-0.25, -0.2) is 13.2 Å². The number of hydrogen-bond acceptors (Lipinski definition) is 1. The van der Waals surface area contributed by atoms with E-state index in [0.29, 0.717) is 31.1 Å². The van der Waals surface area contributed by atoms with Crippen LogP contribution in [-0.2, 0) is 0 Å². The molecule has 19 heavy (non-hydrogen) atoms. The minimum Gasteiger partial charge on any atom is -0.338 e. The topological polar surface area (TPSA) is 20.3 Å². The van der Waals surface area contributed by atoms with E-state index in [-0.39, 0.29) is 0 Å². The fraction of sp³-hybridized carbons (Fsp3) is 0.462. The Kier molecular flexibility index (Phi) is 4.50. The van der Waals surface area contributed by atoms with Crippen molar-refractivity contribution in [2.24, 2.45) is 5.92 Å². The average Bonchev–Trinajstić information content (AvgIpc) is 2.37. The summed E-state index contributed by atoms with van der Waals surface area (Å²) in [4.78, 5) is 13.5. The first-order valence-corrected chi connectivity index (χ1v) is 7.15. The zero-order chi connectivity index (χ0) is 14.0. The van der Waals surface area contributed by atoms with Gasteiger partial charge in [0.2, 0.25) is 0 Å². The summed E-state index contributed by atoms with van der Waals surface area (Å²) in [5.74, 6) is -3.55. The summed E-state index contributed by atoms with van der Waals surface area (Å²) >= 11 is 3.38. The second-order valence-electron chi connectivity index (χ2n) is 4.63. The molecule has 0 aliphatic carbocycles. The van der Waals surface area contributed by atoms with Crippen LogP contribution in [-0.4, -0.2) is 29.2 Å². The number of halogens is 4. The number of likely N-dealkylation sites (tertiary alicyclic amines) is 1. The maximum atomic E-state index is 13.5. The SMILES string of the molecule is O=C(c1c(F)cc(F)cc1F)N1CCC(CBr)CC1. The van der Waals surface area contributed by atoms with Crippen LogP contribution in [0.25, 0.3) is 0 Å². The number of rotatable bonds is 2. The van der Waals surface area contributed by atoms with E-state index in [1.165, 1.54) is 4.90 Å². The predicted molar refractivity (Wildman–Crippen MR) is 68.7 cm³/mol. The number of nitrogens with zero attached hydrogens (tertiary/aromatic N) is 1. The van der Waals surface area contributed by atoms with Gasteiger partial charge in [0.15, 0.2) is 0 Å². The Bertz CT molecular complexity index is 464. The third-order valence-electron chi connectivity index (χ3n) is 3.34. The number of carbonyl (C=O) groups is 1. The van der Waals surface area contributed by atoms with Crippen molar-refractivity contribution in [2.45, 2.75) is 12.8 Å². The molecule has 104 valence electrons. The highest BCUT2D eigenvalue weighted by atomic mass is 79.9. The Morgan fingerprint density at radius 1 is 1.21 bits per heavy atom. The van der Waals surface area contributed by atoms with Crippen LogP contribution >= 0.6 is 15.9 Å². The summed E-state index contributed by atoms with van der Waals surface area (Å²) < 4.78 is 39.8. The van der Waals surface area contributed by atoms with Crippen molar-refractivity contribution in [1.29, 1.82) is 0 Å². The largest absolute Gasteiger partial charge is 0.338 e. The highest BCUT2D eigenvalue weighted by molar-refractivity contribution is 9.09. The predicted octanol–water partition coefficient (Wildman–Crippen LogP) is 3.35. The lowest BCUT2D eigenvalue weighted by Gasteiger charge is -2.31. The van der Waals surface area contributed by atoms with Crippen molar-refractivity contribution in [3.63, 3.8) is 0 Å². The molecule has 0 N–H and O–H groups in total. The Labute approximate surface area is 117 Å². The van der Waals surface area contributed by atoms with E-state index in [9.17, 15) is 18.0 Å². The molecule has 0 aromatic heterocycles. The molecule has 0 radical (unpaired) electrons. The minimum absolute atomic E-state index is 0.464. The Morgan fingerprint density at radius 3 is 2.21 bits per heavy atom. The first-order chi connectivity index (χ1) is 9.02. The normalized spacial score (nSPS) is 16.7. The summed E-state index contributed by atoms with van der Waals surface area (Å²) in [6.07, 6.45) is 1.59. The molecule has 0 atom stereocenters. The van der Waals surface area contributed by atoms with Crippen LogP contribution in [0.15, 0.2) is 12.1 Å². The van der Waals surface area contributed by atoms with Crippen molar-refractivity contribution >= 4 is 21.8 Å². The second kappa shape index (κ2) is 5.94. The van der Waals surface area contributed by atoms with Crippen molar-refractivity contribution < 1.29 is 18.0 Å². The maximum absolute atomic E-state index is 13.5. The summed E-state index contributed by atoms with van der Waals surface area (Å²) in [7, 11) is 0. The number of benzene rings is 1. The zero-order valence-corrected chi connectivity index (χ0v) is 11.7. The Morgan fingerprint density at radius 2 is 1.74 bits per heavy atom. The van der Waals surface area contributed by atoms with Gasteiger partial charge in [0, 0.05) is 30.6 Å². The second-order valence-corrected chi connectivity index (χ2v) is 5.28. The van der Waals surface area contributed by atoms with Gasteiger partial charge in [-0.1, -0.05) is 15.9 Å². The summed E-state index contributed by atoms with van der Waals surface area (Å²) in [5.41, 5.74) is -0.668. The van der Waals surface area contributed by atoms with E-state index < -0.39 is 28.9 Å². The molecule has 1 saturated heterocycles. The van der Waals surface area contributed by atoms with Crippen molar-refractivity contribution in [2.75, 3.05) is 18.4 Å². The molecule has 0 spiro atoms. The molecule has 0 unspecified atom stereocenters. The molecule has 1 heterocycles. The number of carbonyl (C=O) groups excluding carboxylic acids is 1. The van der Waals surface area contributed by atoms with E-state index in [1.807, 2.05) is 0 Å². The highest BCUT2D eigenvalue weighted by Crippen LogP contribution is 2.23. The fourth-order valence-corrected chi connectivity index (χ4v) is 2.84. The molecule has 1 aliphatic rings. The Hall–Kier alpha value is -1.04. The van der Waals surface area contributed by atoms with Crippen molar-refractivity contribution in [1.82, 2.24) is 4.90 Å². The van der Waals surface area contributed by atoms with Crippen LogP contribution in [0.3, 0.4) is 0 Å². The molecule has 1 aromatic rings. The van der Waals surface area contributed by atoms with Crippen molar-refractivity contribution in [3.05, 3.63) is 35.1 Å². The van der Waals surface area contributed by atoms with Gasteiger partial charge < -0.3 is 4.90 Å². The molecule has 6 heteroatoms. The fourth-order valence-electron chi connectivity index (χ4n) is 2.19. The number of piperidine rings is 1. The van der Waals surface area contributed by atoms with Crippen LogP contribution in [0.4, 0.5) is 13.2 Å². The molecule has 1 amide bonds. The van der Waals surface area contributed by atoms with Crippen LogP contribution < -0.4 is 0 Å². The quantitative estimate of drug-likeness (QED) is 0.759. The van der Waals surface area contributed by atoms with Gasteiger partial charge >= 0.3 is 0 Å². The van der Waals surface area contributed by atoms with Crippen LogP contribution in [0.2, 0.25) is 0 Å². The van der Waals surface area contributed by atoms with Gasteiger partial charge in [-0.2, -0.15) is 0 Å². The van der Waals surface area contributed by atoms with Gasteiger partial charge in [-0.05, 0) is 18.8 Å². The standard InChI is InChI=1S/C13H13BrF3NO/c14-7-8-1-3-18(4-2-8)13(19)12-10(16)5-9(15)6-11(12)17/h5-6,8H,1-4,7H2. The molecule has 2 rings (SSSR count). The molecule has 1 aromatic carbocycles. The van der Waals surface area contributed by atoms with Crippen LogP contribution in [0.1, 0.15) is 23.2 Å². The minimum atomic E-state index is -1.15. The molecule has 0 saturated carbocycles. The molecule has 1 fully saturated rings. The third kappa shape index (κ3) is 3.11. The third-order valence-corrected chi connectivity index (χ3v) is 4.26. The Balaban J connectivity index is 2.17. The highest BCUT2D eigenvalue weighted by Gasteiger charge is 2.27.